The highest BCUT2D eigenvalue weighted by atomic mass is 16.2. The van der Waals surface area contributed by atoms with E-state index in [0.717, 1.165) is 0 Å². The molecule has 0 aliphatic carbocycles. The first kappa shape index (κ1) is 10.5. The van der Waals surface area contributed by atoms with Gasteiger partial charge in [0.05, 0.1) is 11.7 Å². The monoisotopic (exact) mass is 195 g/mol. The zero-order valence-electron chi connectivity index (χ0n) is 8.13. The van der Waals surface area contributed by atoms with Crippen LogP contribution in [-0.2, 0) is 4.79 Å². The lowest BCUT2D eigenvalue weighted by atomic mass is 10.2. The number of hydrogen-bond donors (Lipinski definition) is 3. The fraction of sp³-hybridized carbons (Fsp3) is 0.333. The highest BCUT2D eigenvalue weighted by Crippen LogP contribution is 2.04. The van der Waals surface area contributed by atoms with Gasteiger partial charge in [0.2, 0.25) is 5.91 Å². The molecule has 1 heterocycles. The van der Waals surface area contributed by atoms with Crippen molar-refractivity contribution < 1.29 is 4.79 Å². The molecular formula is C9H13N3O2. The van der Waals surface area contributed by atoms with Crippen LogP contribution in [0.3, 0.4) is 0 Å². The first-order valence-electron chi connectivity index (χ1n) is 4.26. The predicted octanol–water partition coefficient (Wildman–Crippen LogP) is -0.0310. The fourth-order valence-electron chi connectivity index (χ4n) is 0.926. The molecule has 0 radical (unpaired) electrons. The van der Waals surface area contributed by atoms with Gasteiger partial charge in [-0.3, -0.25) is 9.59 Å². The maximum absolute atomic E-state index is 11.2. The van der Waals surface area contributed by atoms with E-state index < -0.39 is 6.04 Å². The minimum absolute atomic E-state index is 0.163. The summed E-state index contributed by atoms with van der Waals surface area (Å²) >= 11 is 0. The third-order valence-electron chi connectivity index (χ3n) is 1.77. The highest BCUT2D eigenvalue weighted by Gasteiger charge is 2.07. The number of hydrogen-bond acceptors (Lipinski definition) is 3. The largest absolute Gasteiger partial charge is 0.327 e. The molecule has 5 heteroatoms. The molecule has 0 aliphatic rings. The Bertz CT molecular complexity index is 395. The molecule has 0 saturated heterocycles. The number of amides is 1. The Labute approximate surface area is 81.3 Å². The van der Waals surface area contributed by atoms with E-state index in [1.54, 1.807) is 19.9 Å². The molecule has 1 amide bonds. The van der Waals surface area contributed by atoms with Crippen molar-refractivity contribution in [3.05, 3.63) is 28.2 Å². The third kappa shape index (κ3) is 2.43. The van der Waals surface area contributed by atoms with Crippen LogP contribution in [0.25, 0.3) is 0 Å². The minimum Gasteiger partial charge on any atom is -0.327 e. The van der Waals surface area contributed by atoms with Crippen molar-refractivity contribution in [2.45, 2.75) is 19.9 Å². The second-order valence-electron chi connectivity index (χ2n) is 3.18. The second kappa shape index (κ2) is 4.06. The molecule has 4 N–H and O–H groups in total. The van der Waals surface area contributed by atoms with Crippen LogP contribution in [0.5, 0.6) is 0 Å². The summed E-state index contributed by atoms with van der Waals surface area (Å²) in [5, 5.41) is 2.58. The van der Waals surface area contributed by atoms with Crippen molar-refractivity contribution in [2.75, 3.05) is 5.32 Å². The lowest BCUT2D eigenvalue weighted by Crippen LogP contribution is -2.32. The molecular weight excluding hydrogens is 182 g/mol. The number of carbonyl (C=O) groups excluding carboxylic acids is 1. The normalized spacial score (nSPS) is 12.2. The number of aromatic nitrogens is 1. The van der Waals surface area contributed by atoms with Gasteiger partial charge < -0.3 is 16.0 Å². The number of carbonyl (C=O) groups is 1. The van der Waals surface area contributed by atoms with Crippen molar-refractivity contribution in [1.29, 1.82) is 0 Å². The number of rotatable bonds is 2. The summed E-state index contributed by atoms with van der Waals surface area (Å²) in [7, 11) is 0. The van der Waals surface area contributed by atoms with Crippen LogP contribution in [0.2, 0.25) is 0 Å². The van der Waals surface area contributed by atoms with E-state index in [4.69, 9.17) is 5.73 Å². The first-order chi connectivity index (χ1) is 6.50. The van der Waals surface area contributed by atoms with E-state index in [2.05, 4.69) is 10.3 Å². The molecule has 1 aromatic heterocycles. The van der Waals surface area contributed by atoms with Crippen molar-refractivity contribution in [2.24, 2.45) is 5.73 Å². The van der Waals surface area contributed by atoms with E-state index in [-0.39, 0.29) is 11.5 Å². The number of aryl methyl sites for hydroxylation is 1. The number of nitrogens with one attached hydrogen (secondary N) is 2. The van der Waals surface area contributed by atoms with Crippen LogP contribution in [0.1, 0.15) is 12.5 Å². The number of nitrogens with two attached hydrogens (primary N) is 1. The molecule has 1 rings (SSSR count). The van der Waals surface area contributed by atoms with Gasteiger partial charge in [-0.2, -0.15) is 0 Å². The second-order valence-corrected chi connectivity index (χ2v) is 3.18. The lowest BCUT2D eigenvalue weighted by molar-refractivity contribution is -0.117. The quantitative estimate of drug-likeness (QED) is 0.619. The predicted molar refractivity (Wildman–Crippen MR) is 54.1 cm³/mol. The average molecular weight is 195 g/mol. The Balaban J connectivity index is 2.83. The molecule has 14 heavy (non-hydrogen) atoms. The van der Waals surface area contributed by atoms with Gasteiger partial charge in [-0.25, -0.2) is 0 Å². The van der Waals surface area contributed by atoms with Gasteiger partial charge >= 0.3 is 0 Å². The molecule has 0 aliphatic heterocycles. The van der Waals surface area contributed by atoms with E-state index in [1.807, 2.05) is 0 Å². The molecule has 0 unspecified atom stereocenters. The summed E-state index contributed by atoms with van der Waals surface area (Å²) < 4.78 is 0. The molecule has 76 valence electrons. The molecule has 0 fully saturated rings. The fourth-order valence-corrected chi connectivity index (χ4v) is 0.926. The summed E-state index contributed by atoms with van der Waals surface area (Å²) in [6, 6.07) is 1.03. The highest BCUT2D eigenvalue weighted by molar-refractivity contribution is 5.94. The van der Waals surface area contributed by atoms with Crippen molar-refractivity contribution in [3.8, 4) is 0 Å². The molecule has 1 atom stereocenters. The van der Waals surface area contributed by atoms with E-state index in [1.165, 1.54) is 6.20 Å². The van der Waals surface area contributed by atoms with Gasteiger partial charge in [0, 0.05) is 11.8 Å². The Morgan fingerprint density at radius 3 is 2.79 bits per heavy atom. The molecule has 0 saturated carbocycles. The summed E-state index contributed by atoms with van der Waals surface area (Å²) in [4.78, 5) is 24.7. The summed E-state index contributed by atoms with van der Waals surface area (Å²) in [5.74, 6) is -0.281. The summed E-state index contributed by atoms with van der Waals surface area (Å²) in [6.07, 6.45) is 1.44. The molecule has 1 aromatic rings. The summed E-state index contributed by atoms with van der Waals surface area (Å²) in [5.41, 5.74) is 6.30. The van der Waals surface area contributed by atoms with Crippen molar-refractivity contribution in [3.63, 3.8) is 0 Å². The zero-order chi connectivity index (χ0) is 10.7. The molecule has 0 aromatic carbocycles. The van der Waals surface area contributed by atoms with Crippen molar-refractivity contribution in [1.82, 2.24) is 4.98 Å². The van der Waals surface area contributed by atoms with Crippen LogP contribution in [-0.4, -0.2) is 16.9 Å². The third-order valence-corrected chi connectivity index (χ3v) is 1.77. The van der Waals surface area contributed by atoms with Gasteiger partial charge in [-0.1, -0.05) is 0 Å². The average Bonchev–Trinajstić information content (AvgIpc) is 2.11. The Hall–Kier alpha value is -1.62. The van der Waals surface area contributed by atoms with E-state index in [9.17, 15) is 9.59 Å². The van der Waals surface area contributed by atoms with E-state index in [0.29, 0.717) is 11.3 Å². The standard InChI is InChI=1S/C9H13N3O2/c1-5-3-7(4-11-8(5)13)12-9(14)6(2)10/h3-4,6H,10H2,1-2H3,(H,11,13)(H,12,14)/t6-/m1/s1. The number of H-pyrrole nitrogens is 1. The van der Waals surface area contributed by atoms with Crippen LogP contribution in [0.4, 0.5) is 5.69 Å². The Morgan fingerprint density at radius 1 is 1.64 bits per heavy atom. The van der Waals surface area contributed by atoms with Crippen LogP contribution < -0.4 is 16.6 Å². The van der Waals surface area contributed by atoms with Gasteiger partial charge in [0.1, 0.15) is 0 Å². The SMILES string of the molecule is Cc1cc(NC(=O)[C@@H](C)N)c[nH]c1=O. The minimum atomic E-state index is -0.567. The molecule has 0 spiro atoms. The number of anilines is 1. The first-order valence-corrected chi connectivity index (χ1v) is 4.26. The van der Waals surface area contributed by atoms with Crippen LogP contribution in [0.15, 0.2) is 17.1 Å². The maximum Gasteiger partial charge on any atom is 0.250 e. The van der Waals surface area contributed by atoms with Gasteiger partial charge in [-0.05, 0) is 19.9 Å². The molecule has 0 bridgehead atoms. The summed E-state index contributed by atoms with van der Waals surface area (Å²) in [6.45, 7) is 3.26. The smallest absolute Gasteiger partial charge is 0.250 e. The molecule has 5 nitrogen and oxygen atoms in total. The topological polar surface area (TPSA) is 88.0 Å². The van der Waals surface area contributed by atoms with Crippen LogP contribution >= 0.6 is 0 Å². The van der Waals surface area contributed by atoms with E-state index >= 15 is 0 Å². The van der Waals surface area contributed by atoms with Gasteiger partial charge in [0.25, 0.3) is 5.56 Å². The Kier molecular flexibility index (Phi) is 3.03. The van der Waals surface area contributed by atoms with Crippen molar-refractivity contribution >= 4 is 11.6 Å². The van der Waals surface area contributed by atoms with Crippen LogP contribution in [0, 0.1) is 6.92 Å². The van der Waals surface area contributed by atoms with Gasteiger partial charge in [0.15, 0.2) is 0 Å². The number of aromatic amines is 1. The number of pyridine rings is 1. The zero-order valence-corrected chi connectivity index (χ0v) is 8.13. The lowest BCUT2D eigenvalue weighted by Gasteiger charge is -2.07. The van der Waals surface area contributed by atoms with Gasteiger partial charge in [-0.15, -0.1) is 0 Å². The maximum atomic E-state index is 11.2. The Morgan fingerprint density at radius 2 is 2.29 bits per heavy atom.